The Labute approximate surface area is 165 Å². The first-order valence-electron chi connectivity index (χ1n) is 9.39. The molecule has 2 N–H and O–H groups in total. The number of fused-ring (bicyclic) bond motifs is 2. The third kappa shape index (κ3) is 6.47. The van der Waals surface area contributed by atoms with Crippen molar-refractivity contribution in [3.63, 3.8) is 0 Å². The topological polar surface area (TPSA) is 113 Å². The summed E-state index contributed by atoms with van der Waals surface area (Å²) in [7, 11) is 0. The lowest BCUT2D eigenvalue weighted by Gasteiger charge is -2.42. The highest BCUT2D eigenvalue weighted by Gasteiger charge is 2.59. The maximum absolute atomic E-state index is 11.4. The van der Waals surface area contributed by atoms with E-state index < -0.39 is 30.0 Å². The van der Waals surface area contributed by atoms with Crippen molar-refractivity contribution in [1.29, 1.82) is 0 Å². The maximum Gasteiger partial charge on any atom is 0.164 e. The highest BCUT2D eigenvalue weighted by atomic mass is 16.7. The Morgan fingerprint density at radius 2 is 1.71 bits per heavy atom. The smallest absolute Gasteiger partial charge is 0.164 e. The quantitative estimate of drug-likeness (QED) is 0.283. The van der Waals surface area contributed by atoms with Crippen LogP contribution in [0.4, 0.5) is 0 Å². The number of ketones is 1. The molecule has 0 spiro atoms. The molecule has 9 nitrogen and oxygen atoms in total. The minimum Gasteiger partial charge on any atom is -0.390 e. The summed E-state index contributed by atoms with van der Waals surface area (Å²) in [4.78, 5) is 11.4. The molecule has 2 aliphatic heterocycles. The van der Waals surface area contributed by atoms with Crippen molar-refractivity contribution in [2.75, 3.05) is 59.5 Å². The molecule has 2 heterocycles. The number of carbonyl (C=O) groups excluding carboxylic acids is 1. The molecule has 0 saturated carbocycles. The molecule has 28 heavy (non-hydrogen) atoms. The van der Waals surface area contributed by atoms with Crippen LogP contribution in [0.25, 0.3) is 0 Å². The number of terminal acetylenes is 1. The van der Waals surface area contributed by atoms with E-state index in [-0.39, 0.29) is 32.0 Å². The minimum absolute atomic E-state index is 0.0564. The molecular formula is C19H30O9. The van der Waals surface area contributed by atoms with Crippen molar-refractivity contribution in [3.05, 3.63) is 0 Å². The molecule has 2 fully saturated rings. The predicted octanol–water partition coefficient (Wildman–Crippen LogP) is -0.872. The van der Waals surface area contributed by atoms with E-state index in [1.807, 2.05) is 0 Å². The van der Waals surface area contributed by atoms with Crippen molar-refractivity contribution in [2.24, 2.45) is 5.92 Å². The predicted molar refractivity (Wildman–Crippen MR) is 96.5 cm³/mol. The molecule has 0 aromatic carbocycles. The number of hydrogen-bond acceptors (Lipinski definition) is 9. The monoisotopic (exact) mass is 402 g/mol. The van der Waals surface area contributed by atoms with Gasteiger partial charge in [0.2, 0.25) is 0 Å². The van der Waals surface area contributed by atoms with E-state index in [9.17, 15) is 15.0 Å². The molecule has 2 aliphatic rings. The van der Waals surface area contributed by atoms with Crippen LogP contribution in [-0.4, -0.2) is 99.6 Å². The Balaban J connectivity index is 1.57. The largest absolute Gasteiger partial charge is 0.390 e. The van der Waals surface area contributed by atoms with Crippen LogP contribution in [0.2, 0.25) is 0 Å². The number of aliphatic hydroxyl groups is 2. The van der Waals surface area contributed by atoms with Gasteiger partial charge in [0.15, 0.2) is 6.29 Å². The fraction of sp³-hybridized carbons (Fsp3) is 0.842. The van der Waals surface area contributed by atoms with Gasteiger partial charge in [0.05, 0.1) is 59.0 Å². The molecule has 5 atom stereocenters. The van der Waals surface area contributed by atoms with E-state index >= 15 is 0 Å². The summed E-state index contributed by atoms with van der Waals surface area (Å²) in [6.07, 6.45) is 2.13. The fourth-order valence-corrected chi connectivity index (χ4v) is 3.24. The molecule has 0 radical (unpaired) electrons. The minimum atomic E-state index is -1.19. The Bertz CT molecular complexity index is 520. The Kier molecular flexibility index (Phi) is 9.77. The molecule has 160 valence electrons. The SMILES string of the molecule is C#CCOCCOCCOCCOC[C@@]12CO[C@@H](O1)[C@H](CC(C)=O)[C@@H](O)[C@H]2O. The zero-order valence-corrected chi connectivity index (χ0v) is 16.2. The third-order valence-electron chi connectivity index (χ3n) is 4.66. The van der Waals surface area contributed by atoms with Gasteiger partial charge >= 0.3 is 0 Å². The number of aliphatic hydroxyl groups excluding tert-OH is 2. The average Bonchev–Trinajstić information content (AvgIpc) is 3.07. The Morgan fingerprint density at radius 1 is 1.11 bits per heavy atom. The van der Waals surface area contributed by atoms with Gasteiger partial charge < -0.3 is 43.4 Å². The zero-order chi connectivity index (χ0) is 20.4. The summed E-state index contributed by atoms with van der Waals surface area (Å²) in [6.45, 7) is 4.25. The second-order valence-corrected chi connectivity index (χ2v) is 6.90. The van der Waals surface area contributed by atoms with Crippen LogP contribution in [0.5, 0.6) is 0 Å². The van der Waals surface area contributed by atoms with Crippen LogP contribution in [0.15, 0.2) is 0 Å². The highest BCUT2D eigenvalue weighted by Crippen LogP contribution is 2.41. The van der Waals surface area contributed by atoms with Crippen LogP contribution >= 0.6 is 0 Å². The van der Waals surface area contributed by atoms with E-state index in [2.05, 4.69) is 5.92 Å². The van der Waals surface area contributed by atoms with Crippen molar-refractivity contribution < 1.29 is 43.4 Å². The molecule has 0 aromatic rings. The van der Waals surface area contributed by atoms with Crippen molar-refractivity contribution in [1.82, 2.24) is 0 Å². The van der Waals surface area contributed by atoms with E-state index in [0.717, 1.165) is 0 Å². The lowest BCUT2D eigenvalue weighted by atomic mass is 9.83. The summed E-state index contributed by atoms with van der Waals surface area (Å²) in [5.74, 6) is 1.69. The van der Waals surface area contributed by atoms with Gasteiger partial charge in [0, 0.05) is 12.3 Å². The van der Waals surface area contributed by atoms with Gasteiger partial charge in [-0.05, 0) is 6.92 Å². The van der Waals surface area contributed by atoms with Gasteiger partial charge in [0.1, 0.15) is 24.1 Å². The molecule has 0 aromatic heterocycles. The van der Waals surface area contributed by atoms with Gasteiger partial charge in [-0.1, -0.05) is 5.92 Å². The summed E-state index contributed by atoms with van der Waals surface area (Å²) >= 11 is 0. The number of rotatable bonds is 14. The van der Waals surface area contributed by atoms with E-state index in [0.29, 0.717) is 39.6 Å². The number of ether oxygens (including phenoxy) is 6. The van der Waals surface area contributed by atoms with Crippen LogP contribution in [0, 0.1) is 18.3 Å². The number of hydrogen-bond donors (Lipinski definition) is 2. The first kappa shape index (κ1) is 23.2. The molecule has 2 saturated heterocycles. The maximum atomic E-state index is 11.4. The van der Waals surface area contributed by atoms with Crippen LogP contribution < -0.4 is 0 Å². The average molecular weight is 402 g/mol. The second kappa shape index (κ2) is 11.8. The van der Waals surface area contributed by atoms with Crippen molar-refractivity contribution in [3.8, 4) is 12.3 Å². The summed E-state index contributed by atoms with van der Waals surface area (Å²) in [5, 5.41) is 20.8. The molecule has 0 aliphatic carbocycles. The molecular weight excluding hydrogens is 372 g/mol. The van der Waals surface area contributed by atoms with Crippen LogP contribution in [-0.2, 0) is 33.2 Å². The number of Topliss-reactive ketones (excluding diaryl/α,β-unsaturated/α-hetero) is 1. The molecule has 2 bridgehead atoms. The summed E-state index contributed by atoms with van der Waals surface area (Å²) < 4.78 is 32.7. The number of carbonyl (C=O) groups is 1. The van der Waals surface area contributed by atoms with Gasteiger partial charge in [-0.3, -0.25) is 0 Å². The van der Waals surface area contributed by atoms with Gasteiger partial charge in [-0.25, -0.2) is 0 Å². The molecule has 0 unspecified atom stereocenters. The standard InChI is InChI=1S/C19H30O9/c1-3-4-23-5-6-24-7-8-25-9-10-26-12-19-13-27-18(28-19)15(11-14(2)20)16(21)17(19)22/h1,15-18,21-22H,4-13H2,2H3/t15-,16-,17-,18+,19+/m1/s1. The molecule has 2 rings (SSSR count). The lowest BCUT2D eigenvalue weighted by Crippen LogP contribution is -2.61. The van der Waals surface area contributed by atoms with Crippen molar-refractivity contribution >= 4 is 5.78 Å². The van der Waals surface area contributed by atoms with E-state index in [1.54, 1.807) is 0 Å². The molecule has 0 amide bonds. The second-order valence-electron chi connectivity index (χ2n) is 6.90. The fourth-order valence-electron chi connectivity index (χ4n) is 3.24. The Hall–Kier alpha value is -1.09. The van der Waals surface area contributed by atoms with Gasteiger partial charge in [-0.15, -0.1) is 6.42 Å². The summed E-state index contributed by atoms with van der Waals surface area (Å²) in [6, 6.07) is 0. The first-order valence-corrected chi connectivity index (χ1v) is 9.39. The lowest BCUT2D eigenvalue weighted by molar-refractivity contribution is -0.252. The first-order chi connectivity index (χ1) is 13.5. The van der Waals surface area contributed by atoms with Crippen LogP contribution in [0.3, 0.4) is 0 Å². The van der Waals surface area contributed by atoms with Crippen LogP contribution in [0.1, 0.15) is 13.3 Å². The normalized spacial score (nSPS) is 31.6. The summed E-state index contributed by atoms with van der Waals surface area (Å²) in [5.41, 5.74) is -1.13. The van der Waals surface area contributed by atoms with Gasteiger partial charge in [-0.2, -0.15) is 0 Å². The highest BCUT2D eigenvalue weighted by molar-refractivity contribution is 5.75. The third-order valence-corrected chi connectivity index (χ3v) is 4.66. The zero-order valence-electron chi connectivity index (χ0n) is 16.2. The Morgan fingerprint density at radius 3 is 2.32 bits per heavy atom. The van der Waals surface area contributed by atoms with E-state index in [4.69, 9.17) is 34.8 Å². The molecule has 9 heteroatoms. The van der Waals surface area contributed by atoms with E-state index in [1.165, 1.54) is 6.92 Å². The van der Waals surface area contributed by atoms with Crippen molar-refractivity contribution in [2.45, 2.75) is 37.4 Å². The van der Waals surface area contributed by atoms with Gasteiger partial charge in [0.25, 0.3) is 0 Å².